The molecule has 2 N–H and O–H groups in total. The minimum Gasteiger partial charge on any atom is -0.396 e. The van der Waals surface area contributed by atoms with E-state index in [1.165, 1.54) is 0 Å². The Morgan fingerprint density at radius 2 is 1.08 bits per heavy atom. The normalized spacial score (nSPS) is 12.7. The molecule has 134 valence electrons. The molecule has 3 rings (SSSR count). The van der Waals surface area contributed by atoms with Gasteiger partial charge in [-0.15, -0.1) is 0 Å². The summed E-state index contributed by atoms with van der Waals surface area (Å²) in [7, 11) is 0. The Morgan fingerprint density at radius 1 is 0.692 bits per heavy atom. The molecule has 0 aromatic heterocycles. The average molecular weight is 348 g/mol. The Hall–Kier alpha value is -2.46. The maximum absolute atomic E-state index is 10.2. The molecule has 0 aliphatic heterocycles. The van der Waals surface area contributed by atoms with Gasteiger partial charge in [-0.05, 0) is 23.1 Å². The van der Waals surface area contributed by atoms with Gasteiger partial charge >= 0.3 is 0 Å². The van der Waals surface area contributed by atoms with Crippen LogP contribution in [0.15, 0.2) is 91.0 Å². The molecule has 0 saturated carbocycles. The molecule has 1 atom stereocenters. The summed E-state index contributed by atoms with van der Waals surface area (Å²) in [6.07, 6.45) is -0.440. The second kappa shape index (κ2) is 8.77. The molecule has 3 aromatic carbocycles. The minimum atomic E-state index is -0.833. The topological polar surface area (TPSA) is 49.7 Å². The fourth-order valence-electron chi connectivity index (χ4n) is 3.22. The van der Waals surface area contributed by atoms with Gasteiger partial charge in [-0.3, -0.25) is 0 Å². The van der Waals surface area contributed by atoms with E-state index in [0.29, 0.717) is 0 Å². The van der Waals surface area contributed by atoms with Crippen LogP contribution in [-0.2, 0) is 10.3 Å². The molecular weight excluding hydrogens is 324 g/mol. The number of aliphatic hydroxyl groups excluding tert-OH is 2. The van der Waals surface area contributed by atoms with Crippen molar-refractivity contribution in [3.8, 4) is 0 Å². The molecule has 0 bridgehead atoms. The fourth-order valence-corrected chi connectivity index (χ4v) is 3.22. The van der Waals surface area contributed by atoms with Gasteiger partial charge in [-0.1, -0.05) is 91.0 Å². The third-order valence-electron chi connectivity index (χ3n) is 4.50. The van der Waals surface area contributed by atoms with Crippen molar-refractivity contribution < 1.29 is 14.9 Å². The molecule has 26 heavy (non-hydrogen) atoms. The molecule has 0 amide bonds. The van der Waals surface area contributed by atoms with Crippen molar-refractivity contribution in [1.29, 1.82) is 0 Å². The Kier molecular flexibility index (Phi) is 6.18. The van der Waals surface area contributed by atoms with Gasteiger partial charge in [0.1, 0.15) is 5.60 Å². The van der Waals surface area contributed by atoms with Crippen LogP contribution in [0.2, 0.25) is 0 Å². The molecule has 0 fully saturated rings. The zero-order valence-corrected chi connectivity index (χ0v) is 14.7. The second-order valence-corrected chi connectivity index (χ2v) is 6.26. The molecular formula is C23H24O3. The van der Waals surface area contributed by atoms with E-state index in [-0.39, 0.29) is 19.6 Å². The van der Waals surface area contributed by atoms with E-state index in [9.17, 15) is 5.11 Å². The van der Waals surface area contributed by atoms with Crippen LogP contribution in [0.5, 0.6) is 0 Å². The summed E-state index contributed by atoms with van der Waals surface area (Å²) in [4.78, 5) is 0. The first-order chi connectivity index (χ1) is 12.8. The lowest BCUT2D eigenvalue weighted by atomic mass is 9.80. The zero-order valence-electron chi connectivity index (χ0n) is 14.7. The SMILES string of the molecule is OCC[C@H](O)COC(c1ccccc1)(c1ccccc1)c1ccccc1. The summed E-state index contributed by atoms with van der Waals surface area (Å²) in [6.45, 7) is 0.0543. The lowest BCUT2D eigenvalue weighted by Crippen LogP contribution is -2.36. The molecule has 3 nitrogen and oxygen atoms in total. The van der Waals surface area contributed by atoms with Crippen LogP contribution in [0.3, 0.4) is 0 Å². The Balaban J connectivity index is 2.15. The molecule has 0 aliphatic rings. The molecule has 0 saturated heterocycles. The molecule has 3 aromatic rings. The Labute approximate surface area is 154 Å². The highest BCUT2D eigenvalue weighted by Crippen LogP contribution is 2.40. The van der Waals surface area contributed by atoms with Crippen molar-refractivity contribution in [3.63, 3.8) is 0 Å². The summed E-state index contributed by atoms with van der Waals surface area (Å²) in [6, 6.07) is 30.1. The number of benzene rings is 3. The Morgan fingerprint density at radius 3 is 1.42 bits per heavy atom. The fraction of sp³-hybridized carbons (Fsp3) is 0.217. The number of ether oxygens (including phenoxy) is 1. The van der Waals surface area contributed by atoms with Crippen LogP contribution in [0.1, 0.15) is 23.1 Å². The first-order valence-corrected chi connectivity index (χ1v) is 8.87. The van der Waals surface area contributed by atoms with Gasteiger partial charge in [-0.25, -0.2) is 0 Å². The predicted molar refractivity (Wildman–Crippen MR) is 103 cm³/mol. The highest BCUT2D eigenvalue weighted by Gasteiger charge is 2.37. The van der Waals surface area contributed by atoms with Crippen LogP contribution in [-0.4, -0.2) is 29.5 Å². The van der Waals surface area contributed by atoms with E-state index in [1.807, 2.05) is 91.0 Å². The van der Waals surface area contributed by atoms with Crippen LogP contribution < -0.4 is 0 Å². The van der Waals surface area contributed by atoms with Gasteiger partial charge in [0.25, 0.3) is 0 Å². The standard InChI is InChI=1S/C23H24O3/c24-17-16-22(25)18-26-23(19-10-4-1-5-11-19,20-12-6-2-7-13-20)21-14-8-3-9-15-21/h1-15,22,24-25H,16-18H2/t22-/m0/s1. The first-order valence-electron chi connectivity index (χ1n) is 8.87. The van der Waals surface area contributed by atoms with Crippen molar-refractivity contribution >= 4 is 0 Å². The quantitative estimate of drug-likeness (QED) is 0.610. The molecule has 0 unspecified atom stereocenters. The summed E-state index contributed by atoms with van der Waals surface area (Å²) < 4.78 is 6.44. The minimum absolute atomic E-state index is 0.0699. The second-order valence-electron chi connectivity index (χ2n) is 6.26. The van der Waals surface area contributed by atoms with E-state index in [1.54, 1.807) is 0 Å². The molecule has 3 heteroatoms. The highest BCUT2D eigenvalue weighted by atomic mass is 16.5. The van der Waals surface area contributed by atoms with Crippen LogP contribution in [0.25, 0.3) is 0 Å². The molecule has 0 aliphatic carbocycles. The van der Waals surface area contributed by atoms with Crippen molar-refractivity contribution in [3.05, 3.63) is 108 Å². The van der Waals surface area contributed by atoms with E-state index < -0.39 is 11.7 Å². The Bertz CT molecular complexity index is 676. The third-order valence-corrected chi connectivity index (χ3v) is 4.50. The van der Waals surface area contributed by atoms with Crippen LogP contribution in [0.4, 0.5) is 0 Å². The van der Waals surface area contributed by atoms with Gasteiger partial charge in [0.15, 0.2) is 0 Å². The van der Waals surface area contributed by atoms with E-state index >= 15 is 0 Å². The maximum Gasteiger partial charge on any atom is 0.143 e. The van der Waals surface area contributed by atoms with Gasteiger partial charge in [0, 0.05) is 6.61 Å². The zero-order chi connectivity index (χ0) is 18.2. The first kappa shape index (κ1) is 18.3. The lowest BCUT2D eigenvalue weighted by Gasteiger charge is -2.36. The number of hydrogen-bond acceptors (Lipinski definition) is 3. The summed E-state index contributed by atoms with van der Waals surface area (Å²) in [5.41, 5.74) is 2.15. The molecule has 0 heterocycles. The summed E-state index contributed by atoms with van der Waals surface area (Å²) in [5.74, 6) is 0. The van der Waals surface area contributed by atoms with Gasteiger partial charge in [0.05, 0.1) is 12.7 Å². The van der Waals surface area contributed by atoms with Crippen LogP contribution >= 0.6 is 0 Å². The number of hydrogen-bond donors (Lipinski definition) is 2. The van der Waals surface area contributed by atoms with E-state index in [0.717, 1.165) is 16.7 Å². The van der Waals surface area contributed by atoms with Gasteiger partial charge in [0.2, 0.25) is 0 Å². The summed E-state index contributed by atoms with van der Waals surface area (Å²) >= 11 is 0. The lowest BCUT2D eigenvalue weighted by molar-refractivity contribution is -0.0434. The third kappa shape index (κ3) is 3.86. The summed E-state index contributed by atoms with van der Waals surface area (Å²) in [5, 5.41) is 19.3. The number of rotatable bonds is 8. The van der Waals surface area contributed by atoms with Crippen molar-refractivity contribution in [2.24, 2.45) is 0 Å². The maximum atomic E-state index is 10.2. The van der Waals surface area contributed by atoms with E-state index in [2.05, 4.69) is 0 Å². The van der Waals surface area contributed by atoms with Gasteiger partial charge < -0.3 is 14.9 Å². The molecule has 0 spiro atoms. The van der Waals surface area contributed by atoms with Crippen molar-refractivity contribution in [1.82, 2.24) is 0 Å². The van der Waals surface area contributed by atoms with Crippen LogP contribution in [0, 0.1) is 0 Å². The smallest absolute Gasteiger partial charge is 0.143 e. The van der Waals surface area contributed by atoms with Crippen molar-refractivity contribution in [2.75, 3.05) is 13.2 Å². The largest absolute Gasteiger partial charge is 0.396 e. The molecule has 0 radical (unpaired) electrons. The van der Waals surface area contributed by atoms with E-state index in [4.69, 9.17) is 9.84 Å². The van der Waals surface area contributed by atoms with Crippen molar-refractivity contribution in [2.45, 2.75) is 18.1 Å². The monoisotopic (exact) mass is 348 g/mol. The van der Waals surface area contributed by atoms with Gasteiger partial charge in [-0.2, -0.15) is 0 Å². The predicted octanol–water partition coefficient (Wildman–Crippen LogP) is 3.74. The number of aliphatic hydroxyl groups is 2. The average Bonchev–Trinajstić information content (AvgIpc) is 2.71. The highest BCUT2D eigenvalue weighted by molar-refractivity contribution is 5.47.